The summed E-state index contributed by atoms with van der Waals surface area (Å²) in [7, 11) is -4.28. The molecular formula is C21H44O4Si2. The van der Waals surface area contributed by atoms with Crippen molar-refractivity contribution < 1.29 is 18.0 Å². The van der Waals surface area contributed by atoms with Gasteiger partial charge in [0.1, 0.15) is 0 Å². The molecule has 0 aromatic rings. The molecule has 2 aliphatic heterocycles. The Hall–Kier alpha value is 0.274. The molecule has 2 rings (SSSR count). The first kappa shape index (κ1) is 23.6. The van der Waals surface area contributed by atoms with Gasteiger partial charge in [0.2, 0.25) is 0 Å². The first-order valence-corrected chi connectivity index (χ1v) is 15.1. The van der Waals surface area contributed by atoms with E-state index in [4.69, 9.17) is 18.0 Å². The number of hydrogen-bond acceptors (Lipinski definition) is 4. The van der Waals surface area contributed by atoms with Crippen LogP contribution >= 0.6 is 0 Å². The SMILES string of the molecule is CC[Si](CC)(O[C@@H]1CO[Si](C(C)(C)C)(C(C)(C)C)O[C@H]1C[C@@H]1CO1)C(C)C. The third kappa shape index (κ3) is 4.72. The van der Waals surface area contributed by atoms with Crippen molar-refractivity contribution in [2.75, 3.05) is 13.2 Å². The highest BCUT2D eigenvalue weighted by Crippen LogP contribution is 2.55. The highest BCUT2D eigenvalue weighted by Gasteiger charge is 2.62. The van der Waals surface area contributed by atoms with E-state index in [1.54, 1.807) is 0 Å². The van der Waals surface area contributed by atoms with Crippen molar-refractivity contribution in [1.29, 1.82) is 0 Å². The van der Waals surface area contributed by atoms with Crippen LogP contribution in [0.4, 0.5) is 0 Å². The number of epoxide rings is 1. The van der Waals surface area contributed by atoms with Gasteiger partial charge in [0, 0.05) is 16.5 Å². The molecule has 27 heavy (non-hydrogen) atoms. The van der Waals surface area contributed by atoms with Gasteiger partial charge in [-0.15, -0.1) is 0 Å². The second-order valence-corrected chi connectivity index (χ2v) is 20.5. The van der Waals surface area contributed by atoms with E-state index in [0.29, 0.717) is 18.3 Å². The van der Waals surface area contributed by atoms with E-state index in [1.165, 1.54) is 0 Å². The average molecular weight is 417 g/mol. The first-order valence-electron chi connectivity index (χ1n) is 10.9. The molecule has 2 aliphatic rings. The van der Waals surface area contributed by atoms with Crippen molar-refractivity contribution >= 4 is 16.9 Å². The van der Waals surface area contributed by atoms with Crippen molar-refractivity contribution in [1.82, 2.24) is 0 Å². The van der Waals surface area contributed by atoms with Crippen LogP contribution in [0.25, 0.3) is 0 Å². The molecule has 4 nitrogen and oxygen atoms in total. The molecule has 2 fully saturated rings. The lowest BCUT2D eigenvalue weighted by atomic mass is 10.1. The Morgan fingerprint density at radius 2 is 1.52 bits per heavy atom. The lowest BCUT2D eigenvalue weighted by Gasteiger charge is -2.55. The normalized spacial score (nSPS) is 29.2. The van der Waals surface area contributed by atoms with Gasteiger partial charge in [0.05, 0.1) is 31.5 Å². The molecule has 0 unspecified atom stereocenters. The summed E-state index contributed by atoms with van der Waals surface area (Å²) in [5.41, 5.74) is 0.597. The maximum atomic E-state index is 7.01. The molecule has 0 aromatic heterocycles. The fraction of sp³-hybridized carbons (Fsp3) is 1.00. The molecule has 0 radical (unpaired) electrons. The summed E-state index contributed by atoms with van der Waals surface area (Å²) in [5, 5.41) is 0.00190. The monoisotopic (exact) mass is 416 g/mol. The van der Waals surface area contributed by atoms with Gasteiger partial charge in [0.15, 0.2) is 8.32 Å². The lowest BCUT2D eigenvalue weighted by molar-refractivity contribution is -0.0730. The summed E-state index contributed by atoms with van der Waals surface area (Å²) in [6, 6.07) is 2.29. The highest BCUT2D eigenvalue weighted by molar-refractivity contribution is 6.75. The number of rotatable bonds is 7. The summed E-state index contributed by atoms with van der Waals surface area (Å²) in [6.45, 7) is 24.4. The predicted molar refractivity (Wildman–Crippen MR) is 117 cm³/mol. The minimum absolute atomic E-state index is 0.000948. The Balaban J connectivity index is 2.31. The Bertz CT molecular complexity index is 473. The van der Waals surface area contributed by atoms with Crippen LogP contribution in [0.3, 0.4) is 0 Å². The van der Waals surface area contributed by atoms with Gasteiger partial charge in [-0.05, 0) is 17.6 Å². The third-order valence-corrected chi connectivity index (χ3v) is 17.1. The van der Waals surface area contributed by atoms with Gasteiger partial charge < -0.3 is 18.0 Å². The second kappa shape index (κ2) is 8.19. The molecule has 0 N–H and O–H groups in total. The van der Waals surface area contributed by atoms with Gasteiger partial charge in [-0.1, -0.05) is 69.2 Å². The minimum Gasteiger partial charge on any atom is -0.409 e. The van der Waals surface area contributed by atoms with Crippen LogP contribution < -0.4 is 0 Å². The smallest absolute Gasteiger partial charge is 0.349 e. The van der Waals surface area contributed by atoms with Crippen molar-refractivity contribution in [3.63, 3.8) is 0 Å². The summed E-state index contributed by atoms with van der Waals surface area (Å²) in [6.07, 6.45) is 1.39. The number of hydrogen-bond donors (Lipinski definition) is 0. The van der Waals surface area contributed by atoms with Gasteiger partial charge in [-0.3, -0.25) is 0 Å². The van der Waals surface area contributed by atoms with Crippen LogP contribution in [0.5, 0.6) is 0 Å². The molecule has 0 aliphatic carbocycles. The minimum atomic E-state index is -2.47. The van der Waals surface area contributed by atoms with E-state index < -0.39 is 16.9 Å². The molecule has 160 valence electrons. The molecule has 0 aromatic carbocycles. The van der Waals surface area contributed by atoms with E-state index >= 15 is 0 Å². The van der Waals surface area contributed by atoms with Gasteiger partial charge in [-0.2, -0.15) is 0 Å². The molecule has 3 atom stereocenters. The van der Waals surface area contributed by atoms with Crippen molar-refractivity contribution in [2.24, 2.45) is 0 Å². The van der Waals surface area contributed by atoms with Crippen LogP contribution in [0.2, 0.25) is 27.7 Å². The topological polar surface area (TPSA) is 40.2 Å². The van der Waals surface area contributed by atoms with Crippen LogP contribution in [0, 0.1) is 0 Å². The van der Waals surface area contributed by atoms with Gasteiger partial charge >= 0.3 is 8.56 Å². The van der Waals surface area contributed by atoms with Crippen LogP contribution in [0.1, 0.15) is 75.7 Å². The average Bonchev–Trinajstić information content (AvgIpc) is 3.35. The van der Waals surface area contributed by atoms with Gasteiger partial charge in [-0.25, -0.2) is 0 Å². The van der Waals surface area contributed by atoms with Crippen molar-refractivity contribution in [2.45, 2.75) is 122 Å². The Morgan fingerprint density at radius 3 is 1.89 bits per heavy atom. The maximum absolute atomic E-state index is 7.01. The third-order valence-electron chi connectivity index (χ3n) is 6.69. The summed E-state index contributed by atoms with van der Waals surface area (Å²) < 4.78 is 26.3. The van der Waals surface area contributed by atoms with Gasteiger partial charge in [0.25, 0.3) is 0 Å². The Morgan fingerprint density at radius 1 is 1.00 bits per heavy atom. The largest absolute Gasteiger partial charge is 0.409 e. The fourth-order valence-electron chi connectivity index (χ4n) is 4.99. The molecule has 2 saturated heterocycles. The zero-order chi connectivity index (χ0) is 20.7. The second-order valence-electron chi connectivity index (χ2n) is 10.9. The van der Waals surface area contributed by atoms with E-state index in [9.17, 15) is 0 Å². The fourth-order valence-corrected chi connectivity index (χ4v) is 13.5. The quantitative estimate of drug-likeness (QED) is 0.376. The highest BCUT2D eigenvalue weighted by atomic mass is 28.4. The first-order chi connectivity index (χ1) is 12.3. The summed E-state index contributed by atoms with van der Waals surface area (Å²) in [4.78, 5) is 0. The zero-order valence-corrected chi connectivity index (χ0v) is 21.5. The van der Waals surface area contributed by atoms with E-state index in [-0.39, 0.29) is 22.3 Å². The van der Waals surface area contributed by atoms with E-state index in [2.05, 4.69) is 69.2 Å². The molecule has 2 heterocycles. The molecule has 6 heteroatoms. The van der Waals surface area contributed by atoms with Crippen molar-refractivity contribution in [3.05, 3.63) is 0 Å². The maximum Gasteiger partial charge on any atom is 0.349 e. The zero-order valence-electron chi connectivity index (χ0n) is 19.5. The van der Waals surface area contributed by atoms with Crippen LogP contribution in [-0.4, -0.2) is 48.4 Å². The molecule has 0 saturated carbocycles. The Kier molecular flexibility index (Phi) is 7.14. The number of ether oxygens (including phenoxy) is 1. The Labute approximate surface area is 170 Å². The summed E-state index contributed by atoms with van der Waals surface area (Å²) >= 11 is 0. The van der Waals surface area contributed by atoms with E-state index in [0.717, 1.165) is 25.1 Å². The van der Waals surface area contributed by atoms with Crippen LogP contribution in [-0.2, 0) is 18.0 Å². The molecule has 0 spiro atoms. The predicted octanol–water partition coefficient (Wildman–Crippen LogP) is 6.01. The standard InChI is InChI=1S/C21H44O4Si2/c1-11-26(12-2,16(3)4)24-19-15-23-27(20(5,6)7,21(8,9)10)25-18(19)13-17-14-22-17/h16-19H,11-15H2,1-10H3/t17-,18+,19-/m1/s1. The molecule has 0 amide bonds. The van der Waals surface area contributed by atoms with E-state index in [1.807, 2.05) is 0 Å². The molecular weight excluding hydrogens is 372 g/mol. The van der Waals surface area contributed by atoms with Crippen LogP contribution in [0.15, 0.2) is 0 Å². The molecule has 0 bridgehead atoms. The lowest BCUT2D eigenvalue weighted by Crippen LogP contribution is -2.66. The van der Waals surface area contributed by atoms with Crippen molar-refractivity contribution in [3.8, 4) is 0 Å². The summed E-state index contributed by atoms with van der Waals surface area (Å²) in [5.74, 6) is 0.